The number of carbonyl (C=O) groups excluding carboxylic acids is 1. The summed E-state index contributed by atoms with van der Waals surface area (Å²) in [7, 11) is 3.16. The van der Waals surface area contributed by atoms with Crippen LogP contribution in [0.2, 0.25) is 0 Å². The zero-order chi connectivity index (χ0) is 23.4. The molecule has 0 aliphatic heterocycles. The summed E-state index contributed by atoms with van der Waals surface area (Å²) in [5, 5.41) is 9.22. The number of ether oxygens (including phenoxy) is 2. The third kappa shape index (κ3) is 4.75. The maximum absolute atomic E-state index is 14.1. The summed E-state index contributed by atoms with van der Waals surface area (Å²) in [5.74, 6) is 0.932. The first-order valence-corrected chi connectivity index (χ1v) is 11.2. The smallest absolute Gasteiger partial charge is 0.196 e. The molecule has 6 nitrogen and oxygen atoms in total. The van der Waals surface area contributed by atoms with Crippen LogP contribution in [-0.4, -0.2) is 40.5 Å². The maximum atomic E-state index is 14.1. The lowest BCUT2D eigenvalue weighted by molar-refractivity contribution is 0.101. The van der Waals surface area contributed by atoms with E-state index in [9.17, 15) is 9.18 Å². The van der Waals surface area contributed by atoms with Crippen LogP contribution in [0.4, 0.5) is 4.39 Å². The number of aromatic nitrogens is 3. The van der Waals surface area contributed by atoms with Crippen molar-refractivity contribution in [3.63, 3.8) is 0 Å². The summed E-state index contributed by atoms with van der Waals surface area (Å²) in [6.07, 6.45) is 0. The Labute approximate surface area is 195 Å². The number of rotatable bonds is 8. The first kappa shape index (κ1) is 22.5. The SMILES string of the molecule is COc1ccc(OC)c(-n2c(SCC(=O)c3ccccc3F)nnc2-c2ccc(C)cc2)c1. The molecule has 0 bridgehead atoms. The van der Waals surface area contributed by atoms with Crippen LogP contribution in [0.3, 0.4) is 0 Å². The lowest BCUT2D eigenvalue weighted by Gasteiger charge is -2.15. The van der Waals surface area contributed by atoms with Gasteiger partial charge < -0.3 is 9.47 Å². The predicted octanol–water partition coefficient (Wildman–Crippen LogP) is 5.37. The van der Waals surface area contributed by atoms with Gasteiger partial charge in [-0.1, -0.05) is 53.7 Å². The standard InChI is InChI=1S/C25H22FN3O3S/c1-16-8-10-17(11-9-16)24-27-28-25(33-15-22(30)19-6-4-5-7-20(19)26)29(24)21-14-18(31-2)12-13-23(21)32-3/h4-14H,15H2,1-3H3. The Hall–Kier alpha value is -3.65. The Morgan fingerprint density at radius 2 is 1.76 bits per heavy atom. The third-order valence-corrected chi connectivity index (χ3v) is 6.01. The van der Waals surface area contributed by atoms with Crippen LogP contribution < -0.4 is 9.47 Å². The number of carbonyl (C=O) groups is 1. The van der Waals surface area contributed by atoms with Crippen molar-refractivity contribution in [2.75, 3.05) is 20.0 Å². The monoisotopic (exact) mass is 463 g/mol. The number of ketones is 1. The number of thioether (sulfide) groups is 1. The largest absolute Gasteiger partial charge is 0.497 e. The Morgan fingerprint density at radius 1 is 1.00 bits per heavy atom. The van der Waals surface area contributed by atoms with Crippen molar-refractivity contribution < 1.29 is 18.7 Å². The zero-order valence-corrected chi connectivity index (χ0v) is 19.2. The first-order chi connectivity index (χ1) is 16.0. The second-order valence-electron chi connectivity index (χ2n) is 7.24. The minimum Gasteiger partial charge on any atom is -0.497 e. The Bertz CT molecular complexity index is 1290. The van der Waals surface area contributed by atoms with Crippen LogP contribution in [0.5, 0.6) is 11.5 Å². The van der Waals surface area contributed by atoms with Gasteiger partial charge in [0.25, 0.3) is 0 Å². The number of halogens is 1. The van der Waals surface area contributed by atoms with Gasteiger partial charge in [-0.25, -0.2) is 4.39 Å². The van der Waals surface area contributed by atoms with E-state index in [4.69, 9.17) is 9.47 Å². The van der Waals surface area contributed by atoms with Crippen LogP contribution in [-0.2, 0) is 0 Å². The van der Waals surface area contributed by atoms with Crippen molar-refractivity contribution in [3.05, 3.63) is 83.7 Å². The molecule has 4 aromatic rings. The van der Waals surface area contributed by atoms with E-state index >= 15 is 0 Å². The maximum Gasteiger partial charge on any atom is 0.196 e. The van der Waals surface area contributed by atoms with Gasteiger partial charge in [-0.15, -0.1) is 10.2 Å². The Morgan fingerprint density at radius 3 is 2.45 bits per heavy atom. The Kier molecular flexibility index (Phi) is 6.74. The van der Waals surface area contributed by atoms with E-state index in [0.29, 0.717) is 28.2 Å². The second-order valence-corrected chi connectivity index (χ2v) is 8.18. The summed E-state index contributed by atoms with van der Waals surface area (Å²) < 4.78 is 26.9. The number of aryl methyl sites for hydroxylation is 1. The molecule has 1 heterocycles. The van der Waals surface area contributed by atoms with Crippen LogP contribution in [0.25, 0.3) is 17.1 Å². The molecule has 0 radical (unpaired) electrons. The van der Waals surface area contributed by atoms with E-state index in [2.05, 4.69) is 10.2 Å². The summed E-state index contributed by atoms with van der Waals surface area (Å²) in [4.78, 5) is 12.7. The first-order valence-electron chi connectivity index (χ1n) is 10.2. The fourth-order valence-electron chi connectivity index (χ4n) is 3.34. The highest BCUT2D eigenvalue weighted by molar-refractivity contribution is 7.99. The van der Waals surface area contributed by atoms with Crippen molar-refractivity contribution in [2.24, 2.45) is 0 Å². The van der Waals surface area contributed by atoms with E-state index < -0.39 is 5.82 Å². The molecule has 168 valence electrons. The minimum absolute atomic E-state index is 0.000746. The topological polar surface area (TPSA) is 66.2 Å². The molecule has 0 unspecified atom stereocenters. The molecule has 33 heavy (non-hydrogen) atoms. The molecule has 1 aromatic heterocycles. The molecule has 3 aromatic carbocycles. The van der Waals surface area contributed by atoms with E-state index in [1.807, 2.05) is 41.8 Å². The van der Waals surface area contributed by atoms with E-state index in [0.717, 1.165) is 11.1 Å². The van der Waals surface area contributed by atoms with Gasteiger partial charge in [-0.2, -0.15) is 0 Å². The van der Waals surface area contributed by atoms with Crippen molar-refractivity contribution in [3.8, 4) is 28.6 Å². The van der Waals surface area contributed by atoms with Crippen LogP contribution in [0, 0.1) is 12.7 Å². The lowest BCUT2D eigenvalue weighted by atomic mass is 10.1. The molecule has 0 aliphatic rings. The number of Topliss-reactive ketones (excluding diaryl/α,β-unsaturated/α-hetero) is 1. The molecule has 0 spiro atoms. The normalized spacial score (nSPS) is 10.8. The number of methoxy groups -OCH3 is 2. The fraction of sp³-hybridized carbons (Fsp3) is 0.160. The van der Waals surface area contributed by atoms with Gasteiger partial charge in [0.1, 0.15) is 17.3 Å². The van der Waals surface area contributed by atoms with Crippen molar-refractivity contribution in [1.29, 1.82) is 0 Å². The average molecular weight is 464 g/mol. The average Bonchev–Trinajstić information content (AvgIpc) is 3.26. The lowest BCUT2D eigenvalue weighted by Crippen LogP contribution is -2.07. The highest BCUT2D eigenvalue weighted by Crippen LogP contribution is 2.35. The van der Waals surface area contributed by atoms with Gasteiger partial charge in [-0.05, 0) is 31.2 Å². The summed E-state index contributed by atoms with van der Waals surface area (Å²) in [6.45, 7) is 2.01. The quantitative estimate of drug-likeness (QED) is 0.258. The van der Waals surface area contributed by atoms with Crippen LogP contribution in [0.15, 0.2) is 71.9 Å². The molecule has 0 atom stereocenters. The number of benzene rings is 3. The van der Waals surface area contributed by atoms with Gasteiger partial charge >= 0.3 is 0 Å². The predicted molar refractivity (Wildman–Crippen MR) is 126 cm³/mol. The molecule has 0 fully saturated rings. The summed E-state index contributed by atoms with van der Waals surface area (Å²) >= 11 is 1.18. The Balaban J connectivity index is 1.78. The van der Waals surface area contributed by atoms with Crippen molar-refractivity contribution in [2.45, 2.75) is 12.1 Å². The molecule has 0 N–H and O–H groups in total. The molecule has 0 saturated heterocycles. The molecule has 0 saturated carbocycles. The number of nitrogens with zero attached hydrogens (tertiary/aromatic N) is 3. The van der Waals surface area contributed by atoms with Crippen LogP contribution in [0.1, 0.15) is 15.9 Å². The van der Waals surface area contributed by atoms with Crippen LogP contribution >= 0.6 is 11.8 Å². The van der Waals surface area contributed by atoms with E-state index in [-0.39, 0.29) is 17.1 Å². The minimum atomic E-state index is -0.542. The number of hydrogen-bond acceptors (Lipinski definition) is 6. The van der Waals surface area contributed by atoms with Crippen molar-refractivity contribution >= 4 is 17.5 Å². The zero-order valence-electron chi connectivity index (χ0n) is 18.4. The van der Waals surface area contributed by atoms with Crippen molar-refractivity contribution in [1.82, 2.24) is 14.8 Å². The molecule has 0 amide bonds. The number of hydrogen-bond donors (Lipinski definition) is 0. The van der Waals surface area contributed by atoms with E-state index in [1.54, 1.807) is 38.5 Å². The molecular formula is C25H22FN3O3S. The van der Waals surface area contributed by atoms with Gasteiger partial charge in [-0.3, -0.25) is 9.36 Å². The highest BCUT2D eigenvalue weighted by Gasteiger charge is 2.21. The summed E-state index contributed by atoms with van der Waals surface area (Å²) in [5.41, 5.74) is 2.69. The van der Waals surface area contributed by atoms with Gasteiger partial charge in [0.15, 0.2) is 16.8 Å². The molecule has 0 aliphatic carbocycles. The van der Waals surface area contributed by atoms with E-state index in [1.165, 1.54) is 23.9 Å². The molecule has 4 rings (SSSR count). The molecule has 8 heteroatoms. The highest BCUT2D eigenvalue weighted by atomic mass is 32.2. The van der Waals surface area contributed by atoms with Gasteiger partial charge in [0, 0.05) is 11.6 Å². The van der Waals surface area contributed by atoms with Gasteiger partial charge in [0.2, 0.25) is 0 Å². The summed E-state index contributed by atoms with van der Waals surface area (Å²) in [6, 6.07) is 19.3. The molecular weight excluding hydrogens is 441 g/mol. The second kappa shape index (κ2) is 9.87. The third-order valence-electron chi connectivity index (χ3n) is 5.08. The fourth-order valence-corrected chi connectivity index (χ4v) is 4.17. The van der Waals surface area contributed by atoms with Gasteiger partial charge in [0.05, 0.1) is 31.2 Å².